The number of alkyl halides is 3. The van der Waals surface area contributed by atoms with Crippen molar-refractivity contribution in [3.63, 3.8) is 0 Å². The molecule has 9 heteroatoms. The zero-order valence-electron chi connectivity index (χ0n) is 13.9. The summed E-state index contributed by atoms with van der Waals surface area (Å²) in [5, 5.41) is 3.92. The molecule has 1 aromatic carbocycles. The molecule has 1 aliphatic rings. The van der Waals surface area contributed by atoms with E-state index in [-0.39, 0.29) is 16.9 Å². The number of likely N-dealkylation sites (tertiary alicyclic amines) is 1. The Morgan fingerprint density at radius 3 is 2.42 bits per heavy atom. The first-order valence-corrected chi connectivity index (χ1v) is 7.99. The molecule has 1 aliphatic heterocycles. The lowest BCUT2D eigenvalue weighted by molar-refractivity contribution is -0.140. The summed E-state index contributed by atoms with van der Waals surface area (Å²) in [5.41, 5.74) is 4.43. The summed E-state index contributed by atoms with van der Waals surface area (Å²) in [4.78, 5) is 14.0. The van der Waals surface area contributed by atoms with Gasteiger partial charge in [-0.25, -0.2) is 4.39 Å². The van der Waals surface area contributed by atoms with Crippen molar-refractivity contribution in [3.8, 4) is 0 Å². The van der Waals surface area contributed by atoms with Gasteiger partial charge in [-0.2, -0.15) is 13.2 Å². The summed E-state index contributed by atoms with van der Waals surface area (Å²) in [5.74, 6) is -1.75. The minimum Gasteiger partial charge on any atom is -0.368 e. The Balaban J connectivity index is 1.72. The van der Waals surface area contributed by atoms with Gasteiger partial charge in [0.05, 0.1) is 11.3 Å². The number of nitrogens with two attached hydrogens (primary N) is 1. The molecule has 1 fully saturated rings. The molecule has 1 amide bonds. The number of hydrogen-bond donors (Lipinski definition) is 1. The first-order chi connectivity index (χ1) is 12.1. The third-order valence-electron chi connectivity index (χ3n) is 4.82. The van der Waals surface area contributed by atoms with Crippen molar-refractivity contribution in [1.82, 2.24) is 10.1 Å². The van der Waals surface area contributed by atoms with Crippen molar-refractivity contribution in [2.45, 2.75) is 31.4 Å². The lowest BCUT2D eigenvalue weighted by Gasteiger charge is -2.38. The molecule has 26 heavy (non-hydrogen) atoms. The van der Waals surface area contributed by atoms with Crippen LogP contribution < -0.4 is 5.73 Å². The maximum atomic E-state index is 13.7. The molecular formula is C17H17F4N3O2. The molecule has 2 N–H and O–H groups in total. The SMILES string of the molecule is CC1(c2cc(N)on2)CCN(C(=O)c2ccc(C(F)(F)F)c(F)c2)CC1. The topological polar surface area (TPSA) is 72.4 Å². The Morgan fingerprint density at radius 2 is 1.92 bits per heavy atom. The lowest BCUT2D eigenvalue weighted by Crippen LogP contribution is -2.44. The number of anilines is 1. The Labute approximate surface area is 146 Å². The van der Waals surface area contributed by atoms with Crippen LogP contribution in [0.3, 0.4) is 0 Å². The molecule has 140 valence electrons. The third kappa shape index (κ3) is 3.38. The molecular weight excluding hydrogens is 354 g/mol. The Kier molecular flexibility index (Phi) is 4.41. The fraction of sp³-hybridized carbons (Fsp3) is 0.412. The van der Waals surface area contributed by atoms with Crippen molar-refractivity contribution < 1.29 is 26.9 Å². The van der Waals surface area contributed by atoms with Crippen LogP contribution in [0, 0.1) is 5.82 Å². The van der Waals surface area contributed by atoms with E-state index >= 15 is 0 Å². The number of nitrogens with zero attached hydrogens (tertiary/aromatic N) is 2. The maximum absolute atomic E-state index is 13.7. The maximum Gasteiger partial charge on any atom is 0.419 e. The fourth-order valence-electron chi connectivity index (χ4n) is 3.09. The van der Waals surface area contributed by atoms with Crippen LogP contribution in [0.25, 0.3) is 0 Å². The van der Waals surface area contributed by atoms with Gasteiger partial charge in [0, 0.05) is 30.1 Å². The van der Waals surface area contributed by atoms with E-state index in [0.29, 0.717) is 43.8 Å². The molecule has 0 radical (unpaired) electrons. The van der Waals surface area contributed by atoms with Crippen molar-refractivity contribution in [2.24, 2.45) is 0 Å². The van der Waals surface area contributed by atoms with Crippen LogP contribution in [-0.4, -0.2) is 29.1 Å². The largest absolute Gasteiger partial charge is 0.419 e. The number of piperidine rings is 1. The van der Waals surface area contributed by atoms with Gasteiger partial charge in [0.2, 0.25) is 5.88 Å². The van der Waals surface area contributed by atoms with E-state index in [1.54, 1.807) is 6.07 Å². The first-order valence-electron chi connectivity index (χ1n) is 7.99. The molecule has 0 unspecified atom stereocenters. The summed E-state index contributed by atoms with van der Waals surface area (Å²) in [7, 11) is 0. The van der Waals surface area contributed by atoms with Crippen LogP contribution in [0.2, 0.25) is 0 Å². The van der Waals surface area contributed by atoms with Gasteiger partial charge < -0.3 is 15.2 Å². The van der Waals surface area contributed by atoms with Crippen LogP contribution in [0.1, 0.15) is 41.4 Å². The van der Waals surface area contributed by atoms with E-state index in [2.05, 4.69) is 5.16 Å². The molecule has 3 rings (SSSR count). The average Bonchev–Trinajstić information content (AvgIpc) is 3.01. The van der Waals surface area contributed by atoms with Gasteiger partial charge >= 0.3 is 6.18 Å². The third-order valence-corrected chi connectivity index (χ3v) is 4.82. The number of benzene rings is 1. The Hall–Kier alpha value is -2.58. The molecule has 5 nitrogen and oxygen atoms in total. The van der Waals surface area contributed by atoms with E-state index in [9.17, 15) is 22.4 Å². The van der Waals surface area contributed by atoms with Gasteiger partial charge in [0.25, 0.3) is 5.91 Å². The predicted octanol–water partition coefficient (Wildman–Crippen LogP) is 3.61. The van der Waals surface area contributed by atoms with E-state index in [1.165, 1.54) is 4.90 Å². The monoisotopic (exact) mass is 371 g/mol. The zero-order valence-corrected chi connectivity index (χ0v) is 13.9. The number of halogens is 4. The molecule has 0 aliphatic carbocycles. The van der Waals surface area contributed by atoms with Gasteiger partial charge in [0.1, 0.15) is 5.82 Å². The molecule has 1 aromatic heterocycles. The molecule has 2 heterocycles. The standard InChI is InChI=1S/C17H17F4N3O2/c1-16(13-9-14(22)26-23-13)4-6-24(7-5-16)15(25)10-2-3-11(12(18)8-10)17(19,20)21/h2-3,8-9H,4-7,22H2,1H3. The molecule has 0 atom stereocenters. The number of hydrogen-bond acceptors (Lipinski definition) is 4. The highest BCUT2D eigenvalue weighted by atomic mass is 19.4. The van der Waals surface area contributed by atoms with Crippen LogP contribution >= 0.6 is 0 Å². The minimum atomic E-state index is -4.79. The highest BCUT2D eigenvalue weighted by Crippen LogP contribution is 2.36. The quantitative estimate of drug-likeness (QED) is 0.819. The number of carbonyl (C=O) groups excluding carboxylic acids is 1. The number of aromatic nitrogens is 1. The Bertz CT molecular complexity index is 824. The van der Waals surface area contributed by atoms with Crippen molar-refractivity contribution in [2.75, 3.05) is 18.8 Å². The number of rotatable bonds is 2. The van der Waals surface area contributed by atoms with Crippen LogP contribution in [0.5, 0.6) is 0 Å². The lowest BCUT2D eigenvalue weighted by atomic mass is 9.77. The highest BCUT2D eigenvalue weighted by molar-refractivity contribution is 5.94. The fourth-order valence-corrected chi connectivity index (χ4v) is 3.09. The van der Waals surface area contributed by atoms with Gasteiger partial charge in [-0.3, -0.25) is 4.79 Å². The zero-order chi connectivity index (χ0) is 19.1. The van der Waals surface area contributed by atoms with E-state index in [0.717, 1.165) is 6.07 Å². The van der Waals surface area contributed by atoms with Gasteiger partial charge in [-0.15, -0.1) is 0 Å². The second-order valence-corrected chi connectivity index (χ2v) is 6.66. The average molecular weight is 371 g/mol. The molecule has 0 saturated carbocycles. The summed E-state index contributed by atoms with van der Waals surface area (Å²) in [6.07, 6.45) is -3.64. The smallest absolute Gasteiger partial charge is 0.368 e. The second kappa shape index (κ2) is 6.30. The molecule has 1 saturated heterocycles. The molecule has 0 bridgehead atoms. The number of amides is 1. The summed E-state index contributed by atoms with van der Waals surface area (Å²) in [6.45, 7) is 2.71. The number of nitrogen functional groups attached to an aromatic ring is 1. The first kappa shape index (κ1) is 18.2. The van der Waals surface area contributed by atoms with E-state index < -0.39 is 23.5 Å². The van der Waals surface area contributed by atoms with E-state index in [4.69, 9.17) is 10.3 Å². The van der Waals surface area contributed by atoms with Crippen LogP contribution in [0.4, 0.5) is 23.4 Å². The van der Waals surface area contributed by atoms with Gasteiger partial charge in [0.15, 0.2) is 0 Å². The van der Waals surface area contributed by atoms with Gasteiger partial charge in [-0.05, 0) is 31.0 Å². The minimum absolute atomic E-state index is 0.107. The predicted molar refractivity (Wildman–Crippen MR) is 84.8 cm³/mol. The van der Waals surface area contributed by atoms with Crippen LogP contribution in [0.15, 0.2) is 28.8 Å². The number of carbonyl (C=O) groups is 1. The van der Waals surface area contributed by atoms with E-state index in [1.807, 2.05) is 6.92 Å². The summed E-state index contributed by atoms with van der Waals surface area (Å²) < 4.78 is 56.5. The Morgan fingerprint density at radius 1 is 1.27 bits per heavy atom. The summed E-state index contributed by atoms with van der Waals surface area (Å²) >= 11 is 0. The molecule has 2 aromatic rings. The van der Waals surface area contributed by atoms with Crippen LogP contribution in [-0.2, 0) is 11.6 Å². The summed E-state index contributed by atoms with van der Waals surface area (Å²) in [6, 6.07) is 3.87. The molecule has 0 spiro atoms. The second-order valence-electron chi connectivity index (χ2n) is 6.66. The van der Waals surface area contributed by atoms with Crippen molar-refractivity contribution >= 4 is 11.8 Å². The normalized spacial score (nSPS) is 17.3. The van der Waals surface area contributed by atoms with Crippen molar-refractivity contribution in [1.29, 1.82) is 0 Å². The highest BCUT2D eigenvalue weighted by Gasteiger charge is 2.37. The van der Waals surface area contributed by atoms with Crippen molar-refractivity contribution in [3.05, 3.63) is 46.9 Å². The van der Waals surface area contributed by atoms with Gasteiger partial charge in [-0.1, -0.05) is 12.1 Å².